The molecule has 6 nitrogen and oxygen atoms in total. The third-order valence-corrected chi connectivity index (χ3v) is 3.46. The second-order valence-corrected chi connectivity index (χ2v) is 5.17. The lowest BCUT2D eigenvalue weighted by molar-refractivity contribution is -0.138. The van der Waals surface area contributed by atoms with Crippen LogP contribution in [0.5, 0.6) is 0 Å². The summed E-state index contributed by atoms with van der Waals surface area (Å²) >= 11 is 0. The van der Waals surface area contributed by atoms with Gasteiger partial charge in [0.2, 0.25) is 0 Å². The van der Waals surface area contributed by atoms with Crippen molar-refractivity contribution in [3.8, 4) is 0 Å². The van der Waals surface area contributed by atoms with E-state index in [0.717, 1.165) is 25.1 Å². The van der Waals surface area contributed by atoms with E-state index in [0.29, 0.717) is 12.5 Å². The number of carboxylic acids is 1. The van der Waals surface area contributed by atoms with Crippen molar-refractivity contribution >= 4 is 12.1 Å². The van der Waals surface area contributed by atoms with Gasteiger partial charge in [-0.2, -0.15) is 0 Å². The summed E-state index contributed by atoms with van der Waals surface area (Å²) in [4.78, 5) is 24.1. The molecule has 1 aromatic rings. The fraction of sp³-hybridized carbons (Fsp3) is 0.467. The Labute approximate surface area is 123 Å². The Bertz CT molecular complexity index is 474. The standard InChI is InChI=1S/C15H20N2O4/c18-14(19)10-17(7-6-13-8-16-9-13)15(20)21-11-12-4-2-1-3-5-12/h1-5,13,16H,6-11H2,(H,18,19). The highest BCUT2D eigenvalue weighted by atomic mass is 16.6. The SMILES string of the molecule is O=C(O)CN(CCC1CNC1)C(=O)OCc1ccccc1. The molecule has 6 heteroatoms. The smallest absolute Gasteiger partial charge is 0.410 e. The van der Waals surface area contributed by atoms with Crippen LogP contribution in [-0.4, -0.2) is 48.2 Å². The lowest BCUT2D eigenvalue weighted by atomic mass is 9.99. The van der Waals surface area contributed by atoms with Gasteiger partial charge in [-0.3, -0.25) is 9.69 Å². The molecule has 2 rings (SSSR count). The molecule has 0 saturated carbocycles. The minimum Gasteiger partial charge on any atom is -0.480 e. The molecular weight excluding hydrogens is 272 g/mol. The van der Waals surface area contributed by atoms with Crippen LogP contribution in [0.3, 0.4) is 0 Å². The second kappa shape index (κ2) is 7.64. The molecule has 0 unspecified atom stereocenters. The predicted octanol–water partition coefficient (Wildman–Crippen LogP) is 1.32. The highest BCUT2D eigenvalue weighted by Gasteiger charge is 2.22. The number of nitrogens with one attached hydrogen (secondary N) is 1. The number of ether oxygens (including phenoxy) is 1. The summed E-state index contributed by atoms with van der Waals surface area (Å²) in [5.74, 6) is -0.512. The number of nitrogens with zero attached hydrogens (tertiary/aromatic N) is 1. The lowest BCUT2D eigenvalue weighted by Crippen LogP contribution is -2.45. The van der Waals surface area contributed by atoms with Crippen LogP contribution in [0.4, 0.5) is 4.79 Å². The molecule has 1 aliphatic rings. The largest absolute Gasteiger partial charge is 0.480 e. The van der Waals surface area contributed by atoms with Crippen molar-refractivity contribution in [2.24, 2.45) is 5.92 Å². The fourth-order valence-electron chi connectivity index (χ4n) is 2.10. The Morgan fingerprint density at radius 3 is 2.57 bits per heavy atom. The Kier molecular flexibility index (Phi) is 5.57. The van der Waals surface area contributed by atoms with E-state index < -0.39 is 12.1 Å². The molecule has 0 atom stereocenters. The van der Waals surface area contributed by atoms with Gasteiger partial charge in [0.25, 0.3) is 0 Å². The van der Waals surface area contributed by atoms with Crippen molar-refractivity contribution in [2.45, 2.75) is 13.0 Å². The predicted molar refractivity (Wildman–Crippen MR) is 76.8 cm³/mol. The van der Waals surface area contributed by atoms with Crippen LogP contribution in [0.25, 0.3) is 0 Å². The average Bonchev–Trinajstić information content (AvgIpc) is 2.42. The summed E-state index contributed by atoms with van der Waals surface area (Å²) in [5.41, 5.74) is 0.879. The topological polar surface area (TPSA) is 78.9 Å². The molecule has 0 aliphatic carbocycles. The normalized spacial score (nSPS) is 14.3. The molecule has 0 spiro atoms. The van der Waals surface area contributed by atoms with E-state index in [1.54, 1.807) is 0 Å². The van der Waals surface area contributed by atoms with Gasteiger partial charge in [-0.05, 0) is 31.0 Å². The Morgan fingerprint density at radius 1 is 1.29 bits per heavy atom. The van der Waals surface area contributed by atoms with Gasteiger partial charge in [0.05, 0.1) is 0 Å². The molecule has 21 heavy (non-hydrogen) atoms. The van der Waals surface area contributed by atoms with Gasteiger partial charge in [0.15, 0.2) is 0 Å². The number of carbonyl (C=O) groups is 2. The van der Waals surface area contributed by atoms with Crippen LogP contribution >= 0.6 is 0 Å². The number of rotatable bonds is 7. The third-order valence-electron chi connectivity index (χ3n) is 3.46. The summed E-state index contributed by atoms with van der Waals surface area (Å²) in [6, 6.07) is 9.32. The number of amides is 1. The summed E-state index contributed by atoms with van der Waals surface area (Å²) < 4.78 is 5.18. The first-order valence-electron chi connectivity index (χ1n) is 7.03. The Hall–Kier alpha value is -2.08. The van der Waals surface area contributed by atoms with Crippen molar-refractivity contribution in [1.82, 2.24) is 10.2 Å². The van der Waals surface area contributed by atoms with Gasteiger partial charge < -0.3 is 15.2 Å². The van der Waals surface area contributed by atoms with Gasteiger partial charge in [0.1, 0.15) is 13.2 Å². The van der Waals surface area contributed by atoms with Crippen molar-refractivity contribution < 1.29 is 19.4 Å². The molecule has 1 aliphatic heterocycles. The summed E-state index contributed by atoms with van der Waals surface area (Å²) in [7, 11) is 0. The number of carbonyl (C=O) groups excluding carboxylic acids is 1. The van der Waals surface area contributed by atoms with Gasteiger partial charge in [0, 0.05) is 6.54 Å². The quantitative estimate of drug-likeness (QED) is 0.792. The molecular formula is C15H20N2O4. The molecule has 114 valence electrons. The maximum absolute atomic E-state index is 12.0. The van der Waals surface area contributed by atoms with Crippen LogP contribution in [0.1, 0.15) is 12.0 Å². The van der Waals surface area contributed by atoms with E-state index >= 15 is 0 Å². The zero-order valence-corrected chi connectivity index (χ0v) is 11.8. The molecule has 0 radical (unpaired) electrons. The van der Waals surface area contributed by atoms with Crippen LogP contribution in [0, 0.1) is 5.92 Å². The summed E-state index contributed by atoms with van der Waals surface area (Å²) in [6.07, 6.45) is 0.217. The summed E-state index contributed by atoms with van der Waals surface area (Å²) in [5, 5.41) is 12.0. The maximum Gasteiger partial charge on any atom is 0.410 e. The zero-order valence-electron chi connectivity index (χ0n) is 11.8. The Balaban J connectivity index is 1.82. The highest BCUT2D eigenvalue weighted by molar-refractivity contribution is 5.76. The van der Waals surface area contributed by atoms with Gasteiger partial charge in [-0.1, -0.05) is 30.3 Å². The molecule has 1 saturated heterocycles. The van der Waals surface area contributed by atoms with E-state index in [9.17, 15) is 9.59 Å². The van der Waals surface area contributed by atoms with Crippen molar-refractivity contribution in [3.63, 3.8) is 0 Å². The van der Waals surface area contributed by atoms with Crippen LogP contribution in [0.15, 0.2) is 30.3 Å². The first-order valence-corrected chi connectivity index (χ1v) is 7.03. The average molecular weight is 292 g/mol. The van der Waals surface area contributed by atoms with E-state index in [1.165, 1.54) is 4.90 Å². The molecule has 1 aromatic carbocycles. The molecule has 0 aromatic heterocycles. The monoisotopic (exact) mass is 292 g/mol. The van der Waals surface area contributed by atoms with Gasteiger partial charge in [-0.25, -0.2) is 4.79 Å². The fourth-order valence-corrected chi connectivity index (χ4v) is 2.10. The Morgan fingerprint density at radius 2 is 2.00 bits per heavy atom. The van der Waals surface area contributed by atoms with Crippen LogP contribution < -0.4 is 5.32 Å². The van der Waals surface area contributed by atoms with Gasteiger partial charge in [-0.15, -0.1) is 0 Å². The number of aliphatic carboxylic acids is 1. The lowest BCUT2D eigenvalue weighted by Gasteiger charge is -2.29. The van der Waals surface area contributed by atoms with E-state index in [-0.39, 0.29) is 13.2 Å². The van der Waals surface area contributed by atoms with Gasteiger partial charge >= 0.3 is 12.1 Å². The minimum atomic E-state index is -1.03. The third kappa shape index (κ3) is 5.07. The zero-order chi connectivity index (χ0) is 15.1. The first kappa shape index (κ1) is 15.3. The number of hydrogen-bond donors (Lipinski definition) is 2. The van der Waals surface area contributed by atoms with E-state index in [2.05, 4.69) is 5.32 Å². The maximum atomic E-state index is 12.0. The summed E-state index contributed by atoms with van der Waals surface area (Å²) in [6.45, 7) is 2.10. The van der Waals surface area contributed by atoms with Crippen molar-refractivity contribution in [2.75, 3.05) is 26.2 Å². The second-order valence-electron chi connectivity index (χ2n) is 5.17. The first-order chi connectivity index (χ1) is 10.1. The molecule has 1 amide bonds. The number of carboxylic acid groups (broad SMARTS) is 1. The number of hydrogen-bond acceptors (Lipinski definition) is 4. The molecule has 0 bridgehead atoms. The van der Waals surface area contributed by atoms with Crippen molar-refractivity contribution in [1.29, 1.82) is 0 Å². The number of benzene rings is 1. The van der Waals surface area contributed by atoms with Crippen molar-refractivity contribution in [3.05, 3.63) is 35.9 Å². The molecule has 2 N–H and O–H groups in total. The molecule has 1 heterocycles. The van der Waals surface area contributed by atoms with Crippen LogP contribution in [0.2, 0.25) is 0 Å². The minimum absolute atomic E-state index is 0.154. The van der Waals surface area contributed by atoms with E-state index in [4.69, 9.17) is 9.84 Å². The van der Waals surface area contributed by atoms with E-state index in [1.807, 2.05) is 30.3 Å². The highest BCUT2D eigenvalue weighted by Crippen LogP contribution is 2.10. The van der Waals surface area contributed by atoms with Crippen LogP contribution in [-0.2, 0) is 16.1 Å². The molecule has 1 fully saturated rings.